The maximum absolute atomic E-state index is 12.6. The van der Waals surface area contributed by atoms with E-state index in [0.29, 0.717) is 5.56 Å². The molecule has 0 spiro atoms. The molecule has 232 valence electrons. The second-order valence-corrected chi connectivity index (χ2v) is 9.77. The molecule has 0 saturated carbocycles. The summed E-state index contributed by atoms with van der Waals surface area (Å²) in [6.45, 7) is -1.19. The number of carbonyl (C=O) groups is 4. The zero-order chi connectivity index (χ0) is 31.7. The SMILES string of the molecule is COc1cc(Cn2nc(C(=O)NCCNC(=O)CCN3C(=O)C=CC3=O)cc2[N+](=O)[O-])cc(OC)c1OCOP(=O)(O)O. The molecule has 1 aromatic heterocycles. The Hall–Kier alpha value is -4.84. The molecular weight excluding hydrogens is 599 g/mol. The van der Waals surface area contributed by atoms with Crippen molar-refractivity contribution >= 4 is 37.3 Å². The van der Waals surface area contributed by atoms with Crippen LogP contribution in [0.4, 0.5) is 5.82 Å². The summed E-state index contributed by atoms with van der Waals surface area (Å²) in [5.41, 5.74) is 0.0935. The van der Waals surface area contributed by atoms with Crippen LogP contribution in [0.15, 0.2) is 30.4 Å². The molecule has 0 fully saturated rings. The van der Waals surface area contributed by atoms with Crippen molar-refractivity contribution in [3.63, 3.8) is 0 Å². The number of hydrogen-bond acceptors (Lipinski definition) is 12. The van der Waals surface area contributed by atoms with Crippen LogP contribution in [0.25, 0.3) is 0 Å². The normalized spacial score (nSPS) is 12.8. The minimum Gasteiger partial charge on any atom is -0.493 e. The van der Waals surface area contributed by atoms with E-state index in [1.807, 2.05) is 0 Å². The van der Waals surface area contributed by atoms with Gasteiger partial charge in [0.1, 0.15) is 6.54 Å². The molecule has 4 amide bonds. The van der Waals surface area contributed by atoms with Gasteiger partial charge in [-0.15, -0.1) is 4.68 Å². The Morgan fingerprint density at radius 2 is 1.65 bits per heavy atom. The number of methoxy groups -OCH3 is 2. The van der Waals surface area contributed by atoms with Gasteiger partial charge in [-0.05, 0) is 17.1 Å². The molecule has 0 saturated heterocycles. The molecule has 1 aliphatic heterocycles. The molecule has 19 nitrogen and oxygen atoms in total. The van der Waals surface area contributed by atoms with Crippen molar-refractivity contribution < 1.29 is 57.2 Å². The van der Waals surface area contributed by atoms with E-state index in [-0.39, 0.29) is 55.5 Å². The largest absolute Gasteiger partial charge is 0.493 e. The molecule has 1 aromatic carbocycles. The highest BCUT2D eigenvalue weighted by molar-refractivity contribution is 7.46. The van der Waals surface area contributed by atoms with E-state index in [2.05, 4.69) is 20.3 Å². The fourth-order valence-corrected chi connectivity index (χ4v) is 3.89. The quantitative estimate of drug-likeness (QED) is 0.0456. The molecule has 0 bridgehead atoms. The molecule has 43 heavy (non-hydrogen) atoms. The molecule has 0 unspecified atom stereocenters. The number of aromatic nitrogens is 2. The van der Waals surface area contributed by atoms with Crippen LogP contribution in [0.2, 0.25) is 0 Å². The molecule has 2 aromatic rings. The Labute approximate surface area is 242 Å². The number of benzene rings is 1. The van der Waals surface area contributed by atoms with Gasteiger partial charge in [0.15, 0.2) is 17.2 Å². The Kier molecular flexibility index (Phi) is 10.9. The first kappa shape index (κ1) is 32.7. The molecule has 0 radical (unpaired) electrons. The van der Waals surface area contributed by atoms with Crippen molar-refractivity contribution in [2.45, 2.75) is 13.0 Å². The second-order valence-electron chi connectivity index (χ2n) is 8.53. The predicted octanol–water partition coefficient (Wildman–Crippen LogP) is -0.536. The van der Waals surface area contributed by atoms with Gasteiger partial charge in [0.2, 0.25) is 18.4 Å². The average Bonchev–Trinajstić information content (AvgIpc) is 3.51. The standard InChI is InChI=1S/C23H27N6O13P/c1-39-16-9-14(10-17(40-2)22(16)41-13-42-43(36,37)38)12-28-19(29(34)35)11-15(26-28)23(33)25-7-6-24-18(30)5-8-27-20(31)3-4-21(27)32/h3-4,9-11H,5-8,12-13H2,1-2H3,(H,24,30)(H,25,33)(H2,36,37,38). The van der Waals surface area contributed by atoms with E-state index in [9.17, 15) is 33.9 Å². The van der Waals surface area contributed by atoms with Crippen molar-refractivity contribution in [3.8, 4) is 17.2 Å². The van der Waals surface area contributed by atoms with Crippen LogP contribution >= 0.6 is 7.82 Å². The number of hydrogen-bond donors (Lipinski definition) is 4. The minimum atomic E-state index is -4.81. The highest BCUT2D eigenvalue weighted by atomic mass is 31.2. The summed E-state index contributed by atoms with van der Waals surface area (Å²) in [5.74, 6) is -2.69. The molecule has 4 N–H and O–H groups in total. The maximum Gasteiger partial charge on any atom is 0.472 e. The number of nitrogens with one attached hydrogen (secondary N) is 2. The van der Waals surface area contributed by atoms with Gasteiger partial charge in [0.25, 0.3) is 17.7 Å². The van der Waals surface area contributed by atoms with E-state index in [4.69, 9.17) is 24.0 Å². The molecule has 0 aliphatic carbocycles. The third-order valence-electron chi connectivity index (χ3n) is 5.65. The van der Waals surface area contributed by atoms with E-state index < -0.39 is 49.0 Å². The first-order valence-electron chi connectivity index (χ1n) is 12.2. The fraction of sp³-hybridized carbons (Fsp3) is 0.348. The number of nitro groups is 1. The summed E-state index contributed by atoms with van der Waals surface area (Å²) in [5, 5.41) is 20.7. The number of phosphoric acid groups is 1. The van der Waals surface area contributed by atoms with Gasteiger partial charge in [0, 0.05) is 43.8 Å². The molecule has 3 rings (SSSR count). The average molecular weight is 626 g/mol. The lowest BCUT2D eigenvalue weighted by atomic mass is 10.2. The first-order valence-corrected chi connectivity index (χ1v) is 13.7. The van der Waals surface area contributed by atoms with Crippen LogP contribution in [0.1, 0.15) is 22.5 Å². The van der Waals surface area contributed by atoms with Crippen LogP contribution < -0.4 is 24.8 Å². The van der Waals surface area contributed by atoms with Crippen LogP contribution in [0.5, 0.6) is 17.2 Å². The van der Waals surface area contributed by atoms with Crippen molar-refractivity contribution in [3.05, 3.63) is 51.7 Å². The summed E-state index contributed by atoms with van der Waals surface area (Å²) in [6.07, 6.45) is 2.09. The van der Waals surface area contributed by atoms with Gasteiger partial charge in [-0.1, -0.05) is 5.10 Å². The Balaban J connectivity index is 1.61. The van der Waals surface area contributed by atoms with Crippen LogP contribution in [0, 0.1) is 10.1 Å². The topological polar surface area (TPSA) is 251 Å². The van der Waals surface area contributed by atoms with Crippen LogP contribution in [0.3, 0.4) is 0 Å². The van der Waals surface area contributed by atoms with Crippen molar-refractivity contribution in [1.82, 2.24) is 25.3 Å². The maximum atomic E-state index is 12.6. The number of ether oxygens (including phenoxy) is 3. The number of phosphoric ester groups is 1. The van der Waals surface area contributed by atoms with Crippen molar-refractivity contribution in [1.29, 1.82) is 0 Å². The number of carbonyl (C=O) groups excluding carboxylic acids is 4. The smallest absolute Gasteiger partial charge is 0.472 e. The Bertz CT molecular complexity index is 1440. The van der Waals surface area contributed by atoms with Gasteiger partial charge in [0.05, 0.1) is 20.3 Å². The molecule has 20 heteroatoms. The summed E-state index contributed by atoms with van der Waals surface area (Å²) < 4.78 is 31.9. The van der Waals surface area contributed by atoms with Crippen molar-refractivity contribution in [2.75, 3.05) is 40.6 Å². The van der Waals surface area contributed by atoms with Gasteiger partial charge in [-0.2, -0.15) is 0 Å². The third-order valence-corrected chi connectivity index (χ3v) is 6.09. The monoisotopic (exact) mass is 626 g/mol. The van der Waals surface area contributed by atoms with Crippen LogP contribution in [-0.4, -0.2) is 93.7 Å². The second kappa shape index (κ2) is 14.4. The molecule has 0 atom stereocenters. The minimum absolute atomic E-state index is 0.000721. The van der Waals surface area contributed by atoms with Gasteiger partial charge >= 0.3 is 13.6 Å². The van der Waals surface area contributed by atoms with E-state index in [1.54, 1.807) is 0 Å². The number of rotatable bonds is 16. The van der Waals surface area contributed by atoms with Gasteiger partial charge in [-0.3, -0.25) is 24.1 Å². The van der Waals surface area contributed by atoms with E-state index in [0.717, 1.165) is 27.8 Å². The fourth-order valence-electron chi connectivity index (χ4n) is 3.70. The highest BCUT2D eigenvalue weighted by Gasteiger charge is 2.25. The number of amides is 4. The Morgan fingerprint density at radius 1 is 1.05 bits per heavy atom. The third kappa shape index (κ3) is 9.07. The van der Waals surface area contributed by atoms with E-state index >= 15 is 0 Å². The predicted molar refractivity (Wildman–Crippen MR) is 142 cm³/mol. The van der Waals surface area contributed by atoms with Gasteiger partial charge < -0.3 is 44.7 Å². The summed E-state index contributed by atoms with van der Waals surface area (Å²) >= 11 is 0. The van der Waals surface area contributed by atoms with Crippen molar-refractivity contribution in [2.24, 2.45) is 0 Å². The zero-order valence-electron chi connectivity index (χ0n) is 22.8. The Morgan fingerprint density at radius 3 is 2.21 bits per heavy atom. The molecule has 2 heterocycles. The first-order chi connectivity index (χ1) is 20.3. The van der Waals surface area contributed by atoms with Gasteiger partial charge in [-0.25, -0.2) is 9.09 Å². The lowest BCUT2D eigenvalue weighted by Gasteiger charge is -2.16. The summed E-state index contributed by atoms with van der Waals surface area (Å²) in [4.78, 5) is 77.1. The lowest BCUT2D eigenvalue weighted by molar-refractivity contribution is -0.392. The summed E-state index contributed by atoms with van der Waals surface area (Å²) in [7, 11) is -2.25. The number of imide groups is 1. The summed E-state index contributed by atoms with van der Waals surface area (Å²) in [6, 6.07) is 3.79. The zero-order valence-corrected chi connectivity index (χ0v) is 23.6. The van der Waals surface area contributed by atoms with Crippen LogP contribution in [-0.2, 0) is 30.0 Å². The lowest BCUT2D eigenvalue weighted by Crippen LogP contribution is -2.37. The highest BCUT2D eigenvalue weighted by Crippen LogP contribution is 2.41. The number of nitrogens with zero attached hydrogens (tertiary/aromatic N) is 4. The molecular formula is C23H27N6O13P. The van der Waals surface area contributed by atoms with E-state index in [1.165, 1.54) is 26.4 Å². The molecule has 1 aliphatic rings.